The van der Waals surface area contributed by atoms with E-state index < -0.39 is 5.97 Å². The van der Waals surface area contributed by atoms with Crippen molar-refractivity contribution in [3.63, 3.8) is 0 Å². The summed E-state index contributed by atoms with van der Waals surface area (Å²) in [7, 11) is 1.55. The third kappa shape index (κ3) is 4.14. The van der Waals surface area contributed by atoms with Crippen molar-refractivity contribution in [3.8, 4) is 5.75 Å². The maximum absolute atomic E-state index is 12.2. The molecule has 6 nitrogen and oxygen atoms in total. The van der Waals surface area contributed by atoms with Crippen LogP contribution in [0.2, 0.25) is 0 Å². The molecule has 6 heteroatoms. The van der Waals surface area contributed by atoms with Gasteiger partial charge < -0.3 is 20.1 Å². The van der Waals surface area contributed by atoms with Crippen molar-refractivity contribution in [1.29, 1.82) is 0 Å². The maximum Gasteiger partial charge on any atom is 0.310 e. The molecular weight excluding hydrogens is 332 g/mol. The van der Waals surface area contributed by atoms with Crippen LogP contribution in [-0.4, -0.2) is 31.6 Å². The van der Waals surface area contributed by atoms with E-state index in [0.29, 0.717) is 11.4 Å². The van der Waals surface area contributed by atoms with Crippen LogP contribution in [0.3, 0.4) is 0 Å². The number of anilines is 1. The topological polar surface area (TPSA) is 76.7 Å². The number of nitrogens with one attached hydrogen (secondary N) is 2. The summed E-state index contributed by atoms with van der Waals surface area (Å²) in [6.07, 6.45) is 8.30. The summed E-state index contributed by atoms with van der Waals surface area (Å²) in [5, 5.41) is 6.04. The second-order valence-corrected chi connectivity index (χ2v) is 6.23. The molecule has 136 valence electrons. The third-order valence-electron chi connectivity index (χ3n) is 4.45. The fraction of sp³-hybridized carbons (Fsp3) is 0.300. The monoisotopic (exact) mass is 354 g/mol. The quantitative estimate of drug-likeness (QED) is 0.768. The van der Waals surface area contributed by atoms with Crippen molar-refractivity contribution < 1.29 is 19.1 Å². The molecule has 0 radical (unpaired) electrons. The summed E-state index contributed by atoms with van der Waals surface area (Å²) in [5.74, 6) is 0.00371. The summed E-state index contributed by atoms with van der Waals surface area (Å²) in [5.41, 5.74) is 2.59. The fourth-order valence-corrected chi connectivity index (χ4v) is 3.17. The Hall–Kier alpha value is -3.02. The molecule has 1 heterocycles. The van der Waals surface area contributed by atoms with E-state index in [-0.39, 0.29) is 30.9 Å². The first-order valence-electron chi connectivity index (χ1n) is 8.47. The van der Waals surface area contributed by atoms with Crippen LogP contribution in [-0.2, 0) is 14.3 Å². The van der Waals surface area contributed by atoms with Gasteiger partial charge in [-0.25, -0.2) is 0 Å². The van der Waals surface area contributed by atoms with Crippen LogP contribution >= 0.6 is 0 Å². The molecule has 1 unspecified atom stereocenters. The van der Waals surface area contributed by atoms with E-state index >= 15 is 0 Å². The van der Waals surface area contributed by atoms with Crippen LogP contribution < -0.4 is 15.4 Å². The molecule has 1 aliphatic carbocycles. The second kappa shape index (κ2) is 7.91. The van der Waals surface area contributed by atoms with Crippen molar-refractivity contribution in [1.82, 2.24) is 5.32 Å². The van der Waals surface area contributed by atoms with Crippen molar-refractivity contribution in [3.05, 3.63) is 59.8 Å². The van der Waals surface area contributed by atoms with Gasteiger partial charge in [0.1, 0.15) is 5.75 Å². The van der Waals surface area contributed by atoms with Gasteiger partial charge in [-0.3, -0.25) is 9.59 Å². The molecule has 26 heavy (non-hydrogen) atoms. The van der Waals surface area contributed by atoms with Crippen molar-refractivity contribution in [2.45, 2.75) is 19.4 Å². The molecule has 0 saturated heterocycles. The van der Waals surface area contributed by atoms with Gasteiger partial charge in [0, 0.05) is 23.4 Å². The summed E-state index contributed by atoms with van der Waals surface area (Å²) < 4.78 is 10.2. The lowest BCUT2D eigenvalue weighted by atomic mass is 9.89. The largest absolute Gasteiger partial charge is 0.497 e. The van der Waals surface area contributed by atoms with E-state index in [1.165, 1.54) is 0 Å². The van der Waals surface area contributed by atoms with Crippen LogP contribution in [0.15, 0.2) is 59.8 Å². The second-order valence-electron chi connectivity index (χ2n) is 6.23. The van der Waals surface area contributed by atoms with Gasteiger partial charge in [0.05, 0.1) is 19.6 Å². The smallest absolute Gasteiger partial charge is 0.310 e. The first-order valence-corrected chi connectivity index (χ1v) is 8.47. The first kappa shape index (κ1) is 17.8. The highest BCUT2D eigenvalue weighted by Crippen LogP contribution is 2.32. The van der Waals surface area contributed by atoms with Crippen molar-refractivity contribution in [2.75, 3.05) is 19.0 Å². The SMILES string of the molecule is COc1cccc(NC(=O)COC(=O)CC2=C(C)NC3C=CC=C[C@H]23)c1. The molecule has 0 fully saturated rings. The molecule has 3 rings (SSSR count). The van der Waals surface area contributed by atoms with Gasteiger partial charge in [0.2, 0.25) is 0 Å². The zero-order valence-electron chi connectivity index (χ0n) is 14.8. The first-order chi connectivity index (χ1) is 12.6. The minimum absolute atomic E-state index is 0.165. The van der Waals surface area contributed by atoms with E-state index in [9.17, 15) is 9.59 Å². The highest BCUT2D eigenvalue weighted by molar-refractivity contribution is 5.93. The van der Waals surface area contributed by atoms with Gasteiger partial charge in [-0.1, -0.05) is 30.4 Å². The number of methoxy groups -OCH3 is 1. The highest BCUT2D eigenvalue weighted by Gasteiger charge is 2.31. The van der Waals surface area contributed by atoms with Crippen molar-refractivity contribution in [2.24, 2.45) is 5.92 Å². The number of hydrogen-bond acceptors (Lipinski definition) is 5. The Kier molecular flexibility index (Phi) is 5.41. The number of hydrogen-bond donors (Lipinski definition) is 2. The number of amides is 1. The van der Waals surface area contributed by atoms with Crippen LogP contribution in [0.4, 0.5) is 5.69 Å². The van der Waals surface area contributed by atoms with E-state index in [4.69, 9.17) is 9.47 Å². The van der Waals surface area contributed by atoms with Gasteiger partial charge in [-0.05, 0) is 24.6 Å². The van der Waals surface area contributed by atoms with Gasteiger partial charge in [-0.15, -0.1) is 0 Å². The maximum atomic E-state index is 12.2. The summed E-state index contributed by atoms with van der Waals surface area (Å²) in [6.45, 7) is 1.64. The van der Waals surface area contributed by atoms with Crippen LogP contribution in [0.1, 0.15) is 13.3 Å². The van der Waals surface area contributed by atoms with E-state index in [0.717, 1.165) is 11.3 Å². The Morgan fingerprint density at radius 2 is 2.04 bits per heavy atom. The summed E-state index contributed by atoms with van der Waals surface area (Å²) >= 11 is 0. The molecule has 1 aliphatic heterocycles. The molecule has 0 spiro atoms. The molecule has 2 atom stereocenters. The normalized spacial score (nSPS) is 20.4. The average Bonchev–Trinajstić information content (AvgIpc) is 2.95. The molecule has 1 aromatic rings. The van der Waals surface area contributed by atoms with E-state index in [2.05, 4.69) is 22.8 Å². The third-order valence-corrected chi connectivity index (χ3v) is 4.45. The number of rotatable bonds is 6. The predicted octanol–water partition coefficient (Wildman–Crippen LogP) is 2.56. The molecular formula is C20H22N2O4. The lowest BCUT2D eigenvalue weighted by Crippen LogP contribution is -2.26. The van der Waals surface area contributed by atoms with E-state index in [1.807, 2.05) is 19.1 Å². The Morgan fingerprint density at radius 1 is 1.23 bits per heavy atom. The number of fused-ring (bicyclic) bond motifs is 1. The van der Waals surface area contributed by atoms with Crippen LogP contribution in [0, 0.1) is 5.92 Å². The zero-order valence-corrected chi connectivity index (χ0v) is 14.8. The summed E-state index contributed by atoms with van der Waals surface area (Å²) in [4.78, 5) is 24.1. The number of carbonyl (C=O) groups excluding carboxylic acids is 2. The Bertz CT molecular complexity index is 795. The standard InChI is InChI=1S/C20H22N2O4/c1-13-17(16-8-3-4-9-18(16)21-13)11-20(24)26-12-19(23)22-14-6-5-7-15(10-14)25-2/h3-10,16,18,21H,11-12H2,1-2H3,(H,22,23)/t16-,18?/m1/s1. The highest BCUT2D eigenvalue weighted by atomic mass is 16.5. The minimum Gasteiger partial charge on any atom is -0.497 e. The van der Waals surface area contributed by atoms with Crippen LogP contribution in [0.25, 0.3) is 0 Å². The average molecular weight is 354 g/mol. The molecule has 0 bridgehead atoms. The lowest BCUT2D eigenvalue weighted by molar-refractivity contribution is -0.146. The summed E-state index contributed by atoms with van der Waals surface area (Å²) in [6, 6.07) is 7.18. The minimum atomic E-state index is -0.412. The van der Waals surface area contributed by atoms with Crippen molar-refractivity contribution >= 4 is 17.6 Å². The zero-order chi connectivity index (χ0) is 18.5. The molecule has 1 aromatic carbocycles. The Balaban J connectivity index is 1.49. The fourth-order valence-electron chi connectivity index (χ4n) is 3.17. The Morgan fingerprint density at radius 3 is 2.85 bits per heavy atom. The molecule has 2 aliphatic rings. The number of carbonyl (C=O) groups is 2. The van der Waals surface area contributed by atoms with Gasteiger partial charge in [0.25, 0.3) is 5.91 Å². The number of esters is 1. The Labute approximate surface area is 152 Å². The predicted molar refractivity (Wildman–Crippen MR) is 98.6 cm³/mol. The molecule has 0 aromatic heterocycles. The van der Waals surface area contributed by atoms with E-state index in [1.54, 1.807) is 31.4 Å². The number of ether oxygens (including phenoxy) is 2. The molecule has 1 amide bonds. The number of benzene rings is 1. The van der Waals surface area contributed by atoms with Gasteiger partial charge in [-0.2, -0.15) is 0 Å². The number of allylic oxidation sites excluding steroid dienone is 3. The van der Waals surface area contributed by atoms with Crippen LogP contribution in [0.5, 0.6) is 5.75 Å². The molecule has 0 saturated carbocycles. The van der Waals surface area contributed by atoms with Gasteiger partial charge in [0.15, 0.2) is 6.61 Å². The lowest BCUT2D eigenvalue weighted by Gasteiger charge is -2.18. The van der Waals surface area contributed by atoms with Gasteiger partial charge >= 0.3 is 5.97 Å². The molecule has 2 N–H and O–H groups in total.